The second kappa shape index (κ2) is 6.43. The minimum absolute atomic E-state index is 0.00294. The van der Waals surface area contributed by atoms with E-state index in [0.29, 0.717) is 0 Å². The van der Waals surface area contributed by atoms with Crippen molar-refractivity contribution >= 4 is 6.03 Å². The molecule has 1 aliphatic rings. The lowest BCUT2D eigenvalue weighted by Gasteiger charge is -2.29. The Morgan fingerprint density at radius 1 is 1.42 bits per heavy atom. The van der Waals surface area contributed by atoms with E-state index in [-0.39, 0.29) is 12.1 Å². The number of amides is 2. The zero-order valence-electron chi connectivity index (χ0n) is 11.5. The fraction of sp³-hybridized carbons (Fsp3) is 0.500. The minimum atomic E-state index is -0.0301. The normalized spacial score (nSPS) is 16.8. The van der Waals surface area contributed by atoms with Crippen LogP contribution in [0.15, 0.2) is 24.3 Å². The molecule has 1 fully saturated rings. The highest BCUT2D eigenvalue weighted by Crippen LogP contribution is 2.18. The second-order valence-corrected chi connectivity index (χ2v) is 4.68. The lowest BCUT2D eigenvalue weighted by molar-refractivity contribution is 0.187. The average molecular weight is 263 g/mol. The van der Waals surface area contributed by atoms with Crippen molar-refractivity contribution in [1.29, 1.82) is 0 Å². The van der Waals surface area contributed by atoms with Gasteiger partial charge in [-0.1, -0.05) is 12.1 Å². The Hall–Kier alpha value is -1.75. The van der Waals surface area contributed by atoms with Gasteiger partial charge in [0, 0.05) is 26.2 Å². The summed E-state index contributed by atoms with van der Waals surface area (Å²) in [5.41, 5.74) is 1.04. The highest BCUT2D eigenvalue weighted by atomic mass is 16.5. The van der Waals surface area contributed by atoms with Gasteiger partial charge in [0.05, 0.1) is 13.2 Å². The zero-order valence-corrected chi connectivity index (χ0v) is 11.5. The Morgan fingerprint density at radius 3 is 2.84 bits per heavy atom. The number of carbonyl (C=O) groups is 1. The monoisotopic (exact) mass is 263 g/mol. The molecule has 2 amide bonds. The molecule has 2 N–H and O–H groups in total. The van der Waals surface area contributed by atoms with Crippen molar-refractivity contribution in [3.63, 3.8) is 0 Å². The van der Waals surface area contributed by atoms with Gasteiger partial charge in [-0.05, 0) is 24.6 Å². The van der Waals surface area contributed by atoms with Crippen LogP contribution < -0.4 is 15.4 Å². The molecule has 0 saturated carbocycles. The summed E-state index contributed by atoms with van der Waals surface area (Å²) in [6.07, 6.45) is 0. The summed E-state index contributed by atoms with van der Waals surface area (Å²) in [5, 5.41) is 6.25. The Morgan fingerprint density at radius 2 is 2.16 bits per heavy atom. The van der Waals surface area contributed by atoms with Gasteiger partial charge in [0.1, 0.15) is 5.75 Å². The molecule has 0 radical (unpaired) electrons. The van der Waals surface area contributed by atoms with Crippen LogP contribution in [0.4, 0.5) is 4.79 Å². The Bertz CT molecular complexity index is 430. The van der Waals surface area contributed by atoms with Gasteiger partial charge in [0.25, 0.3) is 0 Å². The molecule has 0 aromatic heterocycles. The van der Waals surface area contributed by atoms with Crippen LogP contribution in [0.3, 0.4) is 0 Å². The first-order valence-corrected chi connectivity index (χ1v) is 6.61. The smallest absolute Gasteiger partial charge is 0.317 e. The highest BCUT2D eigenvalue weighted by molar-refractivity contribution is 5.74. The number of benzene rings is 1. The number of hydrogen-bond donors (Lipinski definition) is 2. The van der Waals surface area contributed by atoms with E-state index in [0.717, 1.165) is 37.5 Å². The van der Waals surface area contributed by atoms with Gasteiger partial charge < -0.3 is 20.3 Å². The van der Waals surface area contributed by atoms with E-state index >= 15 is 0 Å². The van der Waals surface area contributed by atoms with E-state index < -0.39 is 0 Å². The largest absolute Gasteiger partial charge is 0.497 e. The standard InChI is InChI=1S/C14H21N3O2/c1-11(12-4-3-5-13(10-12)19-2)16-14(18)17-8-6-15-7-9-17/h3-5,10-11,15H,6-9H2,1-2H3,(H,16,18). The molecule has 0 spiro atoms. The van der Waals surface area contributed by atoms with Crippen LogP contribution in [0.25, 0.3) is 0 Å². The van der Waals surface area contributed by atoms with Gasteiger partial charge in [-0.15, -0.1) is 0 Å². The van der Waals surface area contributed by atoms with E-state index in [9.17, 15) is 4.79 Å². The molecule has 2 rings (SSSR count). The lowest BCUT2D eigenvalue weighted by Crippen LogP contribution is -2.50. The number of nitrogens with zero attached hydrogens (tertiary/aromatic N) is 1. The van der Waals surface area contributed by atoms with Crippen LogP contribution in [-0.4, -0.2) is 44.2 Å². The maximum Gasteiger partial charge on any atom is 0.317 e. The molecule has 1 aromatic carbocycles. The maximum atomic E-state index is 12.1. The number of rotatable bonds is 3. The summed E-state index contributed by atoms with van der Waals surface area (Å²) in [7, 11) is 1.64. The van der Waals surface area contributed by atoms with Crippen LogP contribution in [0.1, 0.15) is 18.5 Å². The molecule has 0 bridgehead atoms. The molecule has 104 valence electrons. The predicted molar refractivity (Wildman–Crippen MR) is 74.4 cm³/mol. The fourth-order valence-electron chi connectivity index (χ4n) is 2.14. The molecule has 1 atom stereocenters. The summed E-state index contributed by atoms with van der Waals surface area (Å²) < 4.78 is 5.19. The highest BCUT2D eigenvalue weighted by Gasteiger charge is 2.18. The average Bonchev–Trinajstić information content (AvgIpc) is 2.48. The van der Waals surface area contributed by atoms with Gasteiger partial charge in [0.15, 0.2) is 0 Å². The van der Waals surface area contributed by atoms with E-state index in [4.69, 9.17) is 4.74 Å². The van der Waals surface area contributed by atoms with Crippen molar-refractivity contribution in [2.45, 2.75) is 13.0 Å². The van der Waals surface area contributed by atoms with Gasteiger partial charge in [0.2, 0.25) is 0 Å². The molecule has 1 unspecified atom stereocenters. The van der Waals surface area contributed by atoms with Gasteiger partial charge in [-0.2, -0.15) is 0 Å². The maximum absolute atomic E-state index is 12.1. The van der Waals surface area contributed by atoms with Crippen molar-refractivity contribution in [2.24, 2.45) is 0 Å². The molecule has 5 nitrogen and oxygen atoms in total. The minimum Gasteiger partial charge on any atom is -0.497 e. The van der Waals surface area contributed by atoms with E-state index in [1.807, 2.05) is 36.1 Å². The molecular weight excluding hydrogens is 242 g/mol. The Kier molecular flexibility index (Phi) is 4.63. The number of ether oxygens (including phenoxy) is 1. The summed E-state index contributed by atoms with van der Waals surface area (Å²) in [6.45, 7) is 5.23. The van der Waals surface area contributed by atoms with Gasteiger partial charge in [-0.25, -0.2) is 4.79 Å². The van der Waals surface area contributed by atoms with E-state index in [1.54, 1.807) is 7.11 Å². The SMILES string of the molecule is COc1cccc(C(C)NC(=O)N2CCNCC2)c1. The zero-order chi connectivity index (χ0) is 13.7. The van der Waals surface area contributed by atoms with Gasteiger partial charge in [-0.3, -0.25) is 0 Å². The first-order valence-electron chi connectivity index (χ1n) is 6.61. The van der Waals surface area contributed by atoms with Crippen LogP contribution in [0.5, 0.6) is 5.75 Å². The fourth-order valence-corrected chi connectivity index (χ4v) is 2.14. The van der Waals surface area contributed by atoms with Crippen LogP contribution in [-0.2, 0) is 0 Å². The molecule has 1 aromatic rings. The van der Waals surface area contributed by atoms with Crippen molar-refractivity contribution < 1.29 is 9.53 Å². The first kappa shape index (κ1) is 13.7. The number of methoxy groups -OCH3 is 1. The lowest BCUT2D eigenvalue weighted by atomic mass is 10.1. The molecule has 0 aliphatic carbocycles. The molecule has 1 heterocycles. The van der Waals surface area contributed by atoms with Crippen molar-refractivity contribution in [2.75, 3.05) is 33.3 Å². The first-order chi connectivity index (χ1) is 9.20. The molecule has 19 heavy (non-hydrogen) atoms. The third-order valence-electron chi connectivity index (χ3n) is 3.34. The number of nitrogens with one attached hydrogen (secondary N) is 2. The Balaban J connectivity index is 1.95. The summed E-state index contributed by atoms with van der Waals surface area (Å²) >= 11 is 0. The number of urea groups is 1. The number of piperazine rings is 1. The molecule has 1 aliphatic heterocycles. The summed E-state index contributed by atoms with van der Waals surface area (Å²) in [4.78, 5) is 13.9. The molecule has 1 saturated heterocycles. The van der Waals surface area contributed by atoms with E-state index in [1.165, 1.54) is 0 Å². The quantitative estimate of drug-likeness (QED) is 0.866. The Labute approximate surface area is 113 Å². The molecule has 5 heteroatoms. The summed E-state index contributed by atoms with van der Waals surface area (Å²) in [6, 6.07) is 7.73. The van der Waals surface area contributed by atoms with Crippen molar-refractivity contribution in [3.05, 3.63) is 29.8 Å². The van der Waals surface area contributed by atoms with E-state index in [2.05, 4.69) is 10.6 Å². The van der Waals surface area contributed by atoms with Crippen LogP contribution in [0, 0.1) is 0 Å². The number of hydrogen-bond acceptors (Lipinski definition) is 3. The topological polar surface area (TPSA) is 53.6 Å². The third kappa shape index (κ3) is 3.61. The second-order valence-electron chi connectivity index (χ2n) is 4.68. The van der Waals surface area contributed by atoms with Crippen LogP contribution in [0.2, 0.25) is 0 Å². The summed E-state index contributed by atoms with van der Waals surface area (Å²) in [5.74, 6) is 0.806. The predicted octanol–water partition coefficient (Wildman–Crippen LogP) is 1.37. The molecular formula is C14H21N3O2. The van der Waals surface area contributed by atoms with Gasteiger partial charge >= 0.3 is 6.03 Å². The van der Waals surface area contributed by atoms with Crippen LogP contribution >= 0.6 is 0 Å². The number of carbonyl (C=O) groups excluding carboxylic acids is 1. The third-order valence-corrected chi connectivity index (χ3v) is 3.34. The van der Waals surface area contributed by atoms with Crippen molar-refractivity contribution in [1.82, 2.24) is 15.5 Å². The van der Waals surface area contributed by atoms with Crippen molar-refractivity contribution in [3.8, 4) is 5.75 Å².